The molecule has 1 N–H and O–H groups in total. The van der Waals surface area contributed by atoms with Gasteiger partial charge >= 0.3 is 6.61 Å². The number of hydrogen-bond acceptors (Lipinski definition) is 5. The molecule has 2 aromatic heterocycles. The molecule has 1 aliphatic rings. The van der Waals surface area contributed by atoms with Crippen molar-refractivity contribution in [1.82, 2.24) is 15.3 Å². The van der Waals surface area contributed by atoms with Crippen LogP contribution in [0.3, 0.4) is 0 Å². The number of hydrogen-bond donors (Lipinski definition) is 1. The van der Waals surface area contributed by atoms with E-state index >= 15 is 0 Å². The first-order valence-corrected chi connectivity index (χ1v) is 7.85. The van der Waals surface area contributed by atoms with Crippen molar-refractivity contribution in [3.63, 3.8) is 0 Å². The molecule has 0 aliphatic carbocycles. The Labute approximate surface area is 143 Å². The van der Waals surface area contributed by atoms with Gasteiger partial charge in [0.2, 0.25) is 5.88 Å². The lowest BCUT2D eigenvalue weighted by Crippen LogP contribution is -2.39. The highest BCUT2D eigenvalue weighted by Gasteiger charge is 2.25. The summed E-state index contributed by atoms with van der Waals surface area (Å²) in [5, 5.41) is 2.93. The number of nitrogens with one attached hydrogen (secondary N) is 1. The van der Waals surface area contributed by atoms with E-state index in [-0.39, 0.29) is 29.5 Å². The number of amides is 1. The number of aromatic nitrogens is 2. The molecule has 6 nitrogen and oxygen atoms in total. The molecule has 0 saturated carbocycles. The monoisotopic (exact) mass is 349 g/mol. The molecule has 8 heteroatoms. The summed E-state index contributed by atoms with van der Waals surface area (Å²) < 4.78 is 34.1. The maximum absolute atomic E-state index is 12.3. The molecule has 0 spiro atoms. The van der Waals surface area contributed by atoms with Gasteiger partial charge < -0.3 is 14.8 Å². The lowest BCUT2D eigenvalue weighted by atomic mass is 9.98. The number of rotatable bonds is 5. The fourth-order valence-corrected chi connectivity index (χ4v) is 2.67. The molecule has 25 heavy (non-hydrogen) atoms. The van der Waals surface area contributed by atoms with Crippen molar-refractivity contribution in [2.75, 3.05) is 6.61 Å². The first-order chi connectivity index (χ1) is 12.1. The van der Waals surface area contributed by atoms with Crippen LogP contribution in [0.25, 0.3) is 0 Å². The smallest absolute Gasteiger partial charge is 0.388 e. The Morgan fingerprint density at radius 2 is 2.20 bits per heavy atom. The van der Waals surface area contributed by atoms with Crippen molar-refractivity contribution in [2.45, 2.75) is 31.6 Å². The van der Waals surface area contributed by atoms with Gasteiger partial charge in [-0.15, -0.1) is 0 Å². The second-order valence-corrected chi connectivity index (χ2v) is 5.60. The number of ether oxygens (including phenoxy) is 2. The van der Waals surface area contributed by atoms with Gasteiger partial charge in [0.05, 0.1) is 11.7 Å². The number of carbonyl (C=O) groups is 1. The molecule has 0 bridgehead atoms. The highest BCUT2D eigenvalue weighted by Crippen LogP contribution is 2.27. The van der Waals surface area contributed by atoms with Crippen molar-refractivity contribution in [3.8, 4) is 5.88 Å². The Kier molecular flexibility index (Phi) is 5.49. The summed E-state index contributed by atoms with van der Waals surface area (Å²) in [5.74, 6) is -0.540. The van der Waals surface area contributed by atoms with Crippen LogP contribution < -0.4 is 10.1 Å². The molecule has 0 radical (unpaired) electrons. The molecule has 3 rings (SSSR count). The van der Waals surface area contributed by atoms with E-state index in [4.69, 9.17) is 4.74 Å². The van der Waals surface area contributed by atoms with E-state index in [1.807, 2.05) is 12.1 Å². The summed E-state index contributed by atoms with van der Waals surface area (Å²) in [6.45, 7) is -2.41. The van der Waals surface area contributed by atoms with E-state index in [1.54, 1.807) is 12.4 Å². The Balaban J connectivity index is 1.58. The van der Waals surface area contributed by atoms with Crippen LogP contribution in [0.1, 0.15) is 34.9 Å². The standard InChI is InChI=1S/C17H17F2N3O3/c18-17(19)25-15-4-3-12(10-21-15)16(23)22-13-5-7-24-14(8-13)11-2-1-6-20-9-11/h1-4,6,9-10,13-14,17H,5,7-8H2,(H,22,23)/t13-,14-/m0/s1. The summed E-state index contributed by atoms with van der Waals surface area (Å²) >= 11 is 0. The van der Waals surface area contributed by atoms with Crippen molar-refractivity contribution in [1.29, 1.82) is 0 Å². The molecule has 0 unspecified atom stereocenters. The first-order valence-electron chi connectivity index (χ1n) is 7.85. The Morgan fingerprint density at radius 1 is 1.32 bits per heavy atom. The second kappa shape index (κ2) is 7.98. The third kappa shape index (κ3) is 4.69. The highest BCUT2D eigenvalue weighted by atomic mass is 19.3. The Morgan fingerprint density at radius 3 is 2.88 bits per heavy atom. The van der Waals surface area contributed by atoms with Crippen LogP contribution in [-0.4, -0.2) is 35.1 Å². The van der Waals surface area contributed by atoms with Crippen LogP contribution in [0, 0.1) is 0 Å². The van der Waals surface area contributed by atoms with Crippen LogP contribution in [0.15, 0.2) is 42.9 Å². The normalized spacial score (nSPS) is 20.3. The largest absolute Gasteiger partial charge is 0.417 e. The Bertz CT molecular complexity index is 698. The molecule has 1 aliphatic heterocycles. The van der Waals surface area contributed by atoms with E-state index in [9.17, 15) is 13.6 Å². The molecular formula is C17H17F2N3O3. The number of alkyl halides is 2. The minimum atomic E-state index is -2.95. The molecular weight excluding hydrogens is 332 g/mol. The molecule has 132 valence electrons. The van der Waals surface area contributed by atoms with E-state index in [1.165, 1.54) is 18.3 Å². The fraction of sp³-hybridized carbons (Fsp3) is 0.353. The zero-order valence-electron chi connectivity index (χ0n) is 13.3. The number of carbonyl (C=O) groups excluding carboxylic acids is 1. The predicted octanol–water partition coefficient (Wildman–Crippen LogP) is 2.73. The van der Waals surface area contributed by atoms with E-state index in [0.29, 0.717) is 19.4 Å². The zero-order valence-corrected chi connectivity index (χ0v) is 13.3. The summed E-state index contributed by atoms with van der Waals surface area (Å²) in [6, 6.07) is 6.37. The van der Waals surface area contributed by atoms with Gasteiger partial charge in [0.25, 0.3) is 5.91 Å². The van der Waals surface area contributed by atoms with Crippen molar-refractivity contribution in [2.24, 2.45) is 0 Å². The molecule has 3 heterocycles. The predicted molar refractivity (Wildman–Crippen MR) is 84.3 cm³/mol. The minimum Gasteiger partial charge on any atom is -0.417 e. The fourth-order valence-electron chi connectivity index (χ4n) is 2.67. The zero-order chi connectivity index (χ0) is 17.6. The SMILES string of the molecule is O=C(N[C@H]1CCO[C@H](c2cccnc2)C1)c1ccc(OC(F)F)nc1. The first kappa shape index (κ1) is 17.2. The lowest BCUT2D eigenvalue weighted by molar-refractivity contribution is -0.0528. The summed E-state index contributed by atoms with van der Waals surface area (Å²) in [4.78, 5) is 20.1. The molecule has 1 amide bonds. The maximum Gasteiger partial charge on any atom is 0.388 e. The van der Waals surface area contributed by atoms with Crippen LogP contribution in [0.5, 0.6) is 5.88 Å². The van der Waals surface area contributed by atoms with Gasteiger partial charge in [0, 0.05) is 37.3 Å². The van der Waals surface area contributed by atoms with Gasteiger partial charge in [-0.05, 0) is 30.5 Å². The molecule has 0 aromatic carbocycles. The van der Waals surface area contributed by atoms with E-state index < -0.39 is 6.61 Å². The van der Waals surface area contributed by atoms with E-state index in [0.717, 1.165) is 5.56 Å². The van der Waals surface area contributed by atoms with Crippen molar-refractivity contribution < 1.29 is 23.0 Å². The highest BCUT2D eigenvalue weighted by molar-refractivity contribution is 5.94. The molecule has 2 atom stereocenters. The van der Waals surface area contributed by atoms with E-state index in [2.05, 4.69) is 20.0 Å². The van der Waals surface area contributed by atoms with Crippen LogP contribution >= 0.6 is 0 Å². The second-order valence-electron chi connectivity index (χ2n) is 5.60. The van der Waals surface area contributed by atoms with Gasteiger partial charge in [-0.1, -0.05) is 6.07 Å². The van der Waals surface area contributed by atoms with Gasteiger partial charge in [0.1, 0.15) is 0 Å². The summed E-state index contributed by atoms with van der Waals surface area (Å²) in [6.07, 6.45) is 5.87. The van der Waals surface area contributed by atoms with Crippen molar-refractivity contribution >= 4 is 5.91 Å². The van der Waals surface area contributed by atoms with Crippen LogP contribution in [-0.2, 0) is 4.74 Å². The molecule has 2 aromatic rings. The third-order valence-electron chi connectivity index (χ3n) is 3.88. The van der Waals surface area contributed by atoms with Crippen LogP contribution in [0.4, 0.5) is 8.78 Å². The topological polar surface area (TPSA) is 73.3 Å². The van der Waals surface area contributed by atoms with Gasteiger partial charge in [-0.2, -0.15) is 8.78 Å². The third-order valence-corrected chi connectivity index (χ3v) is 3.88. The molecule has 1 saturated heterocycles. The van der Waals surface area contributed by atoms with Gasteiger partial charge in [-0.25, -0.2) is 4.98 Å². The van der Waals surface area contributed by atoms with Crippen molar-refractivity contribution in [3.05, 3.63) is 54.0 Å². The Hall–Kier alpha value is -2.61. The molecule has 1 fully saturated rings. The average molecular weight is 349 g/mol. The quantitative estimate of drug-likeness (QED) is 0.898. The number of halogens is 2. The summed E-state index contributed by atoms with van der Waals surface area (Å²) in [7, 11) is 0. The number of nitrogens with zero attached hydrogens (tertiary/aromatic N) is 2. The number of pyridine rings is 2. The van der Waals surface area contributed by atoms with Gasteiger partial charge in [-0.3, -0.25) is 9.78 Å². The van der Waals surface area contributed by atoms with Crippen LogP contribution in [0.2, 0.25) is 0 Å². The van der Waals surface area contributed by atoms with Gasteiger partial charge in [0.15, 0.2) is 0 Å². The maximum atomic E-state index is 12.3. The summed E-state index contributed by atoms with van der Waals surface area (Å²) in [5.41, 5.74) is 1.25. The average Bonchev–Trinajstić information content (AvgIpc) is 2.63. The minimum absolute atomic E-state index is 0.0524. The lowest BCUT2D eigenvalue weighted by Gasteiger charge is -2.30.